The van der Waals surface area contributed by atoms with Crippen LogP contribution in [-0.2, 0) is 0 Å². The van der Waals surface area contributed by atoms with E-state index in [0.717, 1.165) is 18.0 Å². The molecule has 0 amide bonds. The van der Waals surface area contributed by atoms with Crippen LogP contribution in [0.15, 0.2) is 5.38 Å². The van der Waals surface area contributed by atoms with Crippen LogP contribution in [0.3, 0.4) is 0 Å². The molecule has 1 aromatic heterocycles. The van der Waals surface area contributed by atoms with Crippen molar-refractivity contribution in [3.05, 3.63) is 16.1 Å². The van der Waals surface area contributed by atoms with E-state index in [9.17, 15) is 0 Å². The van der Waals surface area contributed by atoms with Gasteiger partial charge in [-0.15, -0.1) is 11.3 Å². The lowest BCUT2D eigenvalue weighted by molar-refractivity contribution is 0.269. The third-order valence-electron chi connectivity index (χ3n) is 2.40. The molecule has 0 saturated carbocycles. The molecule has 0 bridgehead atoms. The normalized spacial score (nSPS) is 14.2. The minimum atomic E-state index is 0.218. The highest BCUT2D eigenvalue weighted by Crippen LogP contribution is 2.32. The topological polar surface area (TPSA) is 24.9 Å². The van der Waals surface area contributed by atoms with Crippen molar-refractivity contribution in [1.29, 1.82) is 0 Å². The monoisotopic (exact) mass is 226 g/mol. The first-order valence-electron chi connectivity index (χ1n) is 5.60. The third-order valence-corrected chi connectivity index (χ3v) is 3.19. The number of nitrogens with one attached hydrogen (secondary N) is 1. The molecule has 0 spiro atoms. The van der Waals surface area contributed by atoms with Gasteiger partial charge in [0.2, 0.25) is 0 Å². The summed E-state index contributed by atoms with van der Waals surface area (Å²) in [4.78, 5) is 4.59. The fraction of sp³-hybridized carbons (Fsp3) is 0.750. The number of aryl methyl sites for hydroxylation is 1. The SMILES string of the molecule is CCCNC(c1csc(C)n1)C(C)(C)C. The Balaban J connectivity index is 2.81. The predicted octanol–water partition coefficient (Wildman–Crippen LogP) is 3.54. The molecule has 1 aromatic rings. The second kappa shape index (κ2) is 5.08. The van der Waals surface area contributed by atoms with Crippen LogP contribution >= 0.6 is 11.3 Å². The molecule has 2 nitrogen and oxygen atoms in total. The maximum Gasteiger partial charge on any atom is 0.0898 e. The van der Waals surface area contributed by atoms with Crippen LogP contribution in [0.25, 0.3) is 0 Å². The van der Waals surface area contributed by atoms with Gasteiger partial charge in [-0.2, -0.15) is 0 Å². The first-order chi connectivity index (χ1) is 6.95. The summed E-state index contributed by atoms with van der Waals surface area (Å²) in [7, 11) is 0. The van der Waals surface area contributed by atoms with E-state index in [-0.39, 0.29) is 5.41 Å². The van der Waals surface area contributed by atoms with Gasteiger partial charge in [0.15, 0.2) is 0 Å². The standard InChI is InChI=1S/C12H22N2S/c1-6-7-13-11(12(3,4)5)10-8-15-9(2)14-10/h8,11,13H,6-7H2,1-5H3. The number of nitrogens with zero attached hydrogens (tertiary/aromatic N) is 1. The molecular weight excluding hydrogens is 204 g/mol. The molecule has 0 aliphatic rings. The van der Waals surface area contributed by atoms with Crippen molar-refractivity contribution in [2.45, 2.75) is 47.1 Å². The van der Waals surface area contributed by atoms with Crippen molar-refractivity contribution >= 4 is 11.3 Å². The van der Waals surface area contributed by atoms with Gasteiger partial charge in [-0.1, -0.05) is 27.7 Å². The fourth-order valence-electron chi connectivity index (χ4n) is 1.66. The summed E-state index contributed by atoms with van der Waals surface area (Å²) in [6.45, 7) is 12.1. The predicted molar refractivity (Wildman–Crippen MR) is 67.3 cm³/mol. The van der Waals surface area contributed by atoms with E-state index in [1.54, 1.807) is 11.3 Å². The Labute approximate surface area is 97.1 Å². The molecule has 0 aromatic carbocycles. The van der Waals surface area contributed by atoms with E-state index in [1.807, 2.05) is 0 Å². The molecule has 1 heterocycles. The van der Waals surface area contributed by atoms with Crippen molar-refractivity contribution in [1.82, 2.24) is 10.3 Å². The van der Waals surface area contributed by atoms with Crippen LogP contribution in [0.5, 0.6) is 0 Å². The highest BCUT2D eigenvalue weighted by Gasteiger charge is 2.27. The summed E-state index contributed by atoms with van der Waals surface area (Å²) in [5.74, 6) is 0. The van der Waals surface area contributed by atoms with E-state index >= 15 is 0 Å². The highest BCUT2D eigenvalue weighted by molar-refractivity contribution is 7.09. The van der Waals surface area contributed by atoms with Gasteiger partial charge in [0.25, 0.3) is 0 Å². The zero-order chi connectivity index (χ0) is 11.5. The summed E-state index contributed by atoms with van der Waals surface area (Å²) in [5, 5.41) is 6.91. The number of thiazole rings is 1. The summed E-state index contributed by atoms with van der Waals surface area (Å²) >= 11 is 1.73. The van der Waals surface area contributed by atoms with Crippen LogP contribution in [0, 0.1) is 12.3 Å². The molecular formula is C12H22N2S. The molecule has 1 atom stereocenters. The first kappa shape index (κ1) is 12.7. The Morgan fingerprint density at radius 2 is 2.13 bits per heavy atom. The lowest BCUT2D eigenvalue weighted by atomic mass is 9.85. The lowest BCUT2D eigenvalue weighted by Gasteiger charge is -2.30. The average molecular weight is 226 g/mol. The van der Waals surface area contributed by atoms with Gasteiger partial charge in [0.1, 0.15) is 0 Å². The second-order valence-corrected chi connectivity index (χ2v) is 6.11. The van der Waals surface area contributed by atoms with Crippen molar-refractivity contribution in [3.8, 4) is 0 Å². The molecule has 86 valence electrons. The number of rotatable bonds is 4. The molecule has 0 aliphatic heterocycles. The smallest absolute Gasteiger partial charge is 0.0898 e. The van der Waals surface area contributed by atoms with Crippen LogP contribution in [0.1, 0.15) is 50.9 Å². The minimum absolute atomic E-state index is 0.218. The summed E-state index contributed by atoms with van der Waals surface area (Å²) in [6.07, 6.45) is 1.16. The number of hydrogen-bond acceptors (Lipinski definition) is 3. The Hall–Kier alpha value is -0.410. The second-order valence-electron chi connectivity index (χ2n) is 5.04. The van der Waals surface area contributed by atoms with Crippen LogP contribution in [0.4, 0.5) is 0 Å². The minimum Gasteiger partial charge on any atom is -0.308 e. The van der Waals surface area contributed by atoms with Crippen molar-refractivity contribution in [3.63, 3.8) is 0 Å². The van der Waals surface area contributed by atoms with Crippen LogP contribution < -0.4 is 5.32 Å². The Kier molecular flexibility index (Phi) is 4.29. The molecule has 1 N–H and O–H groups in total. The van der Waals surface area contributed by atoms with E-state index in [1.165, 1.54) is 5.69 Å². The third kappa shape index (κ3) is 3.58. The molecule has 0 aliphatic carbocycles. The molecule has 1 unspecified atom stereocenters. The molecule has 1 rings (SSSR count). The summed E-state index contributed by atoms with van der Waals surface area (Å²) in [5.41, 5.74) is 1.41. The average Bonchev–Trinajstić information content (AvgIpc) is 2.50. The molecule has 0 saturated heterocycles. The molecule has 0 fully saturated rings. The Morgan fingerprint density at radius 1 is 1.47 bits per heavy atom. The van der Waals surface area contributed by atoms with Gasteiger partial charge in [0.05, 0.1) is 16.7 Å². The maximum absolute atomic E-state index is 4.59. The Morgan fingerprint density at radius 3 is 2.53 bits per heavy atom. The van der Waals surface area contributed by atoms with Gasteiger partial charge in [0, 0.05) is 5.38 Å². The Bertz CT molecular complexity index is 299. The van der Waals surface area contributed by atoms with E-state index in [4.69, 9.17) is 0 Å². The zero-order valence-electron chi connectivity index (χ0n) is 10.4. The van der Waals surface area contributed by atoms with Gasteiger partial charge < -0.3 is 5.32 Å². The quantitative estimate of drug-likeness (QED) is 0.849. The van der Waals surface area contributed by atoms with Gasteiger partial charge in [-0.05, 0) is 25.3 Å². The zero-order valence-corrected chi connectivity index (χ0v) is 11.2. The number of aromatic nitrogens is 1. The van der Waals surface area contributed by atoms with Crippen molar-refractivity contribution in [2.24, 2.45) is 5.41 Å². The largest absolute Gasteiger partial charge is 0.308 e. The van der Waals surface area contributed by atoms with Crippen molar-refractivity contribution < 1.29 is 0 Å². The first-order valence-corrected chi connectivity index (χ1v) is 6.48. The van der Waals surface area contributed by atoms with E-state index in [2.05, 4.69) is 50.3 Å². The maximum atomic E-state index is 4.59. The van der Waals surface area contributed by atoms with Crippen LogP contribution in [-0.4, -0.2) is 11.5 Å². The molecule has 15 heavy (non-hydrogen) atoms. The van der Waals surface area contributed by atoms with Gasteiger partial charge in [-0.3, -0.25) is 0 Å². The van der Waals surface area contributed by atoms with Crippen LogP contribution in [0.2, 0.25) is 0 Å². The van der Waals surface area contributed by atoms with Gasteiger partial charge in [-0.25, -0.2) is 4.98 Å². The molecule has 0 radical (unpaired) electrons. The summed E-state index contributed by atoms with van der Waals surface area (Å²) in [6, 6.07) is 0.363. The number of hydrogen-bond donors (Lipinski definition) is 1. The summed E-state index contributed by atoms with van der Waals surface area (Å²) < 4.78 is 0. The molecule has 3 heteroatoms. The van der Waals surface area contributed by atoms with Gasteiger partial charge >= 0.3 is 0 Å². The highest BCUT2D eigenvalue weighted by atomic mass is 32.1. The fourth-order valence-corrected chi connectivity index (χ4v) is 2.29. The van der Waals surface area contributed by atoms with E-state index in [0.29, 0.717) is 6.04 Å². The van der Waals surface area contributed by atoms with E-state index < -0.39 is 0 Å². The lowest BCUT2D eigenvalue weighted by Crippen LogP contribution is -2.33. The van der Waals surface area contributed by atoms with Crippen molar-refractivity contribution in [2.75, 3.05) is 6.54 Å².